The fraction of sp³-hybridized carbons (Fsp3) is 0.765. The van der Waals surface area contributed by atoms with Crippen molar-refractivity contribution in [1.82, 2.24) is 9.97 Å². The second kappa shape index (κ2) is 5.82. The van der Waals surface area contributed by atoms with Gasteiger partial charge in [0.25, 0.3) is 0 Å². The number of rotatable bonds is 4. The van der Waals surface area contributed by atoms with Crippen LogP contribution in [-0.4, -0.2) is 22.6 Å². The fourth-order valence-electron chi connectivity index (χ4n) is 2.69. The summed E-state index contributed by atoms with van der Waals surface area (Å²) in [5, 5.41) is 6.69. The van der Waals surface area contributed by atoms with Gasteiger partial charge in [0.15, 0.2) is 0 Å². The highest BCUT2D eigenvalue weighted by molar-refractivity contribution is 5.49. The van der Waals surface area contributed by atoms with E-state index in [-0.39, 0.29) is 16.4 Å². The zero-order valence-electron chi connectivity index (χ0n) is 15.2. The molecular formula is C17H32N4. The second-order valence-corrected chi connectivity index (χ2v) is 8.71. The van der Waals surface area contributed by atoms with Crippen LogP contribution in [0.1, 0.15) is 67.6 Å². The summed E-state index contributed by atoms with van der Waals surface area (Å²) in [6, 6.07) is 1.97. The molecule has 0 saturated carbocycles. The Kier molecular flexibility index (Phi) is 4.91. The third-order valence-electron chi connectivity index (χ3n) is 3.09. The van der Waals surface area contributed by atoms with Crippen LogP contribution in [0.15, 0.2) is 6.07 Å². The van der Waals surface area contributed by atoms with Crippen molar-refractivity contribution in [1.29, 1.82) is 0 Å². The SMILES string of the molecule is CNc1cc(NC(C)(C)CC(C)(C)C)nc(C(C)(C)C)n1. The lowest BCUT2D eigenvalue weighted by atomic mass is 9.82. The Balaban J connectivity index is 3.08. The van der Waals surface area contributed by atoms with Crippen molar-refractivity contribution in [2.75, 3.05) is 17.7 Å². The molecule has 0 amide bonds. The predicted molar refractivity (Wildman–Crippen MR) is 92.1 cm³/mol. The minimum Gasteiger partial charge on any atom is -0.373 e. The lowest BCUT2D eigenvalue weighted by Gasteiger charge is -2.34. The zero-order chi connectivity index (χ0) is 16.5. The van der Waals surface area contributed by atoms with Gasteiger partial charge in [-0.25, -0.2) is 9.97 Å². The Morgan fingerprint density at radius 1 is 0.905 bits per heavy atom. The monoisotopic (exact) mass is 292 g/mol. The summed E-state index contributed by atoms with van der Waals surface area (Å²) in [5.74, 6) is 2.58. The summed E-state index contributed by atoms with van der Waals surface area (Å²) >= 11 is 0. The van der Waals surface area contributed by atoms with Crippen molar-refractivity contribution < 1.29 is 0 Å². The van der Waals surface area contributed by atoms with Gasteiger partial charge in [-0.3, -0.25) is 0 Å². The molecule has 0 radical (unpaired) electrons. The standard InChI is InChI=1S/C17H32N4/c1-15(2,3)11-17(7,8)21-13-10-12(18-9)19-14(20-13)16(4,5)6/h10H,11H2,1-9H3,(H2,18,19,20,21). The number of hydrogen-bond donors (Lipinski definition) is 2. The molecule has 1 rings (SSSR count). The number of nitrogens with one attached hydrogen (secondary N) is 2. The Morgan fingerprint density at radius 3 is 1.86 bits per heavy atom. The summed E-state index contributed by atoms with van der Waals surface area (Å²) in [5.41, 5.74) is 0.173. The normalized spacial score (nSPS) is 13.2. The van der Waals surface area contributed by atoms with E-state index in [9.17, 15) is 0 Å². The highest BCUT2D eigenvalue weighted by Gasteiger charge is 2.27. The lowest BCUT2D eigenvalue weighted by molar-refractivity contribution is 0.302. The van der Waals surface area contributed by atoms with Crippen molar-refractivity contribution >= 4 is 11.6 Å². The molecule has 1 heterocycles. The van der Waals surface area contributed by atoms with E-state index in [1.165, 1.54) is 0 Å². The van der Waals surface area contributed by atoms with Crippen LogP contribution in [0.25, 0.3) is 0 Å². The smallest absolute Gasteiger partial charge is 0.138 e. The quantitative estimate of drug-likeness (QED) is 0.861. The second-order valence-electron chi connectivity index (χ2n) is 8.71. The average molecular weight is 292 g/mol. The molecule has 1 aromatic rings. The van der Waals surface area contributed by atoms with Gasteiger partial charge < -0.3 is 10.6 Å². The average Bonchev–Trinajstić information content (AvgIpc) is 2.22. The third-order valence-corrected chi connectivity index (χ3v) is 3.09. The Bertz CT molecular complexity index is 479. The summed E-state index contributed by atoms with van der Waals surface area (Å²) < 4.78 is 0. The maximum absolute atomic E-state index is 4.71. The van der Waals surface area contributed by atoms with Crippen LogP contribution >= 0.6 is 0 Å². The van der Waals surface area contributed by atoms with Crippen LogP contribution < -0.4 is 10.6 Å². The molecule has 0 saturated heterocycles. The number of nitrogens with zero attached hydrogens (tertiary/aromatic N) is 2. The number of hydrogen-bond acceptors (Lipinski definition) is 4. The predicted octanol–water partition coefficient (Wildman–Crippen LogP) is 4.44. The molecule has 0 atom stereocenters. The van der Waals surface area contributed by atoms with Gasteiger partial charge in [0.2, 0.25) is 0 Å². The van der Waals surface area contributed by atoms with Gasteiger partial charge in [0.1, 0.15) is 17.5 Å². The molecule has 0 aromatic carbocycles. The van der Waals surface area contributed by atoms with Crippen molar-refractivity contribution in [2.24, 2.45) is 5.41 Å². The third kappa shape index (κ3) is 5.90. The van der Waals surface area contributed by atoms with E-state index in [0.717, 1.165) is 23.9 Å². The van der Waals surface area contributed by atoms with Gasteiger partial charge in [-0.2, -0.15) is 0 Å². The van der Waals surface area contributed by atoms with Gasteiger partial charge in [-0.1, -0.05) is 41.5 Å². The lowest BCUT2D eigenvalue weighted by Crippen LogP contribution is -2.36. The molecule has 21 heavy (non-hydrogen) atoms. The molecule has 4 heteroatoms. The molecule has 2 N–H and O–H groups in total. The molecular weight excluding hydrogens is 260 g/mol. The van der Waals surface area contributed by atoms with E-state index in [0.29, 0.717) is 0 Å². The van der Waals surface area contributed by atoms with E-state index in [4.69, 9.17) is 4.98 Å². The van der Waals surface area contributed by atoms with Crippen molar-refractivity contribution in [3.63, 3.8) is 0 Å². The number of aromatic nitrogens is 2. The first-order valence-corrected chi connectivity index (χ1v) is 7.68. The molecule has 120 valence electrons. The Hall–Kier alpha value is -1.32. The largest absolute Gasteiger partial charge is 0.373 e. The maximum Gasteiger partial charge on any atom is 0.138 e. The van der Waals surface area contributed by atoms with Gasteiger partial charge in [0, 0.05) is 24.1 Å². The van der Waals surface area contributed by atoms with Crippen LogP contribution in [0.3, 0.4) is 0 Å². The molecule has 0 aliphatic heterocycles. The highest BCUT2D eigenvalue weighted by Crippen LogP contribution is 2.30. The summed E-state index contributed by atoms with van der Waals surface area (Å²) in [6.07, 6.45) is 1.06. The topological polar surface area (TPSA) is 49.8 Å². The molecule has 0 aliphatic carbocycles. The molecule has 4 nitrogen and oxygen atoms in total. The van der Waals surface area contributed by atoms with Crippen molar-refractivity contribution in [2.45, 2.75) is 72.8 Å². The Labute approximate surface area is 130 Å². The molecule has 0 fully saturated rings. The van der Waals surface area contributed by atoms with Gasteiger partial charge in [-0.05, 0) is 25.7 Å². The van der Waals surface area contributed by atoms with Crippen LogP contribution in [0.2, 0.25) is 0 Å². The summed E-state index contributed by atoms with van der Waals surface area (Å²) in [7, 11) is 1.89. The van der Waals surface area contributed by atoms with Gasteiger partial charge >= 0.3 is 0 Å². The van der Waals surface area contributed by atoms with Gasteiger partial charge in [-0.15, -0.1) is 0 Å². The van der Waals surface area contributed by atoms with E-state index >= 15 is 0 Å². The fourth-order valence-corrected chi connectivity index (χ4v) is 2.69. The van der Waals surface area contributed by atoms with Crippen LogP contribution in [0.5, 0.6) is 0 Å². The molecule has 0 spiro atoms. The first kappa shape index (κ1) is 17.7. The molecule has 0 bridgehead atoms. The van der Waals surface area contributed by atoms with Crippen LogP contribution in [0, 0.1) is 5.41 Å². The molecule has 0 aliphatic rings. The summed E-state index contributed by atoms with van der Waals surface area (Å²) in [6.45, 7) is 17.6. The first-order chi connectivity index (χ1) is 9.32. The first-order valence-electron chi connectivity index (χ1n) is 7.68. The minimum atomic E-state index is -0.0720. The molecule has 1 aromatic heterocycles. The van der Waals surface area contributed by atoms with Gasteiger partial charge in [0.05, 0.1) is 0 Å². The maximum atomic E-state index is 4.71. The molecule has 0 unspecified atom stereocenters. The van der Waals surface area contributed by atoms with E-state index in [2.05, 4.69) is 71.0 Å². The van der Waals surface area contributed by atoms with Crippen molar-refractivity contribution in [3.8, 4) is 0 Å². The van der Waals surface area contributed by atoms with E-state index in [1.807, 2.05) is 13.1 Å². The van der Waals surface area contributed by atoms with Crippen molar-refractivity contribution in [3.05, 3.63) is 11.9 Å². The van der Waals surface area contributed by atoms with E-state index in [1.54, 1.807) is 0 Å². The van der Waals surface area contributed by atoms with E-state index < -0.39 is 0 Å². The minimum absolute atomic E-state index is 0.0211. The Morgan fingerprint density at radius 2 is 1.43 bits per heavy atom. The zero-order valence-corrected chi connectivity index (χ0v) is 15.2. The highest BCUT2D eigenvalue weighted by atomic mass is 15.1. The van der Waals surface area contributed by atoms with Crippen LogP contribution in [0.4, 0.5) is 11.6 Å². The number of anilines is 2. The summed E-state index contributed by atoms with van der Waals surface area (Å²) in [4.78, 5) is 9.27. The van der Waals surface area contributed by atoms with Crippen LogP contribution in [-0.2, 0) is 5.41 Å².